The lowest BCUT2D eigenvalue weighted by molar-refractivity contribution is 0.244. The number of nitrogens with two attached hydrogens (primary N) is 1. The molecule has 3 N–H and O–H groups in total. The average Bonchev–Trinajstić information content (AvgIpc) is 3.00. The van der Waals surface area contributed by atoms with Gasteiger partial charge in [0.2, 0.25) is 0 Å². The summed E-state index contributed by atoms with van der Waals surface area (Å²) < 4.78 is 6.80. The molecule has 0 radical (unpaired) electrons. The summed E-state index contributed by atoms with van der Waals surface area (Å²) in [4.78, 5) is 15.2. The molecule has 0 aliphatic carbocycles. The largest absolute Gasteiger partial charge is 0.497 e. The van der Waals surface area contributed by atoms with Gasteiger partial charge in [0.05, 0.1) is 18.4 Å². The minimum atomic E-state index is 0.0205. The van der Waals surface area contributed by atoms with Crippen molar-refractivity contribution in [2.75, 3.05) is 19.4 Å². The number of H-pyrrole nitrogens is 1. The summed E-state index contributed by atoms with van der Waals surface area (Å²) >= 11 is 0. The van der Waals surface area contributed by atoms with Crippen LogP contribution in [0.15, 0.2) is 53.3 Å². The number of rotatable bonds is 4. The number of nitrogens with one attached hydrogen (secondary N) is 1. The monoisotopic (exact) mass is 350 g/mol. The minimum absolute atomic E-state index is 0.0205. The van der Waals surface area contributed by atoms with Crippen molar-refractivity contribution in [1.29, 1.82) is 0 Å². The number of ether oxygens (including phenoxy) is 1. The molecule has 4 rings (SSSR count). The maximum atomic E-state index is 12.9. The second-order valence-electron chi connectivity index (χ2n) is 6.61. The van der Waals surface area contributed by atoms with E-state index in [0.29, 0.717) is 6.54 Å². The molecule has 134 valence electrons. The fourth-order valence-electron chi connectivity index (χ4n) is 3.39. The third-order valence-corrected chi connectivity index (χ3v) is 4.85. The number of hydrogen-bond donors (Lipinski definition) is 2. The Hall–Kier alpha value is -2.99. The Morgan fingerprint density at radius 3 is 2.54 bits per heavy atom. The minimum Gasteiger partial charge on any atom is -0.497 e. The highest BCUT2D eigenvalue weighted by Crippen LogP contribution is 2.19. The van der Waals surface area contributed by atoms with Gasteiger partial charge in [-0.15, -0.1) is 0 Å². The molecule has 6 nitrogen and oxygen atoms in total. The van der Waals surface area contributed by atoms with Crippen molar-refractivity contribution in [3.63, 3.8) is 0 Å². The van der Waals surface area contributed by atoms with E-state index in [9.17, 15) is 4.79 Å². The lowest BCUT2D eigenvalue weighted by atomic mass is 10.1. The Bertz CT molecular complexity index is 955. The van der Waals surface area contributed by atoms with Crippen LogP contribution in [0.3, 0.4) is 0 Å². The van der Waals surface area contributed by atoms with Gasteiger partial charge >= 0.3 is 0 Å². The number of methoxy groups -OCH3 is 1. The number of nitrogens with zero attached hydrogens (tertiary/aromatic N) is 2. The standard InChI is InChI=1S/C20H22N4O2/c1-26-17-8-6-16(7-9-17)24-20(25)18-13-23(11-10-19(18)22-24)12-14-2-4-15(21)5-3-14/h2-9,22H,10-13,21H2,1H3. The van der Waals surface area contributed by atoms with E-state index in [1.54, 1.807) is 11.8 Å². The summed E-state index contributed by atoms with van der Waals surface area (Å²) in [5.41, 5.74) is 10.4. The molecule has 0 unspecified atom stereocenters. The lowest BCUT2D eigenvalue weighted by Gasteiger charge is -2.25. The summed E-state index contributed by atoms with van der Waals surface area (Å²) in [6.45, 7) is 2.38. The fraction of sp³-hybridized carbons (Fsp3) is 0.250. The highest BCUT2D eigenvalue weighted by molar-refractivity contribution is 5.40. The van der Waals surface area contributed by atoms with Gasteiger partial charge in [0, 0.05) is 37.4 Å². The van der Waals surface area contributed by atoms with Crippen LogP contribution in [0.5, 0.6) is 5.75 Å². The van der Waals surface area contributed by atoms with Crippen LogP contribution < -0.4 is 16.0 Å². The number of aromatic nitrogens is 2. The van der Waals surface area contributed by atoms with Crippen LogP contribution in [0.1, 0.15) is 16.8 Å². The predicted octanol–water partition coefficient (Wildman–Crippen LogP) is 2.31. The maximum absolute atomic E-state index is 12.9. The third-order valence-electron chi connectivity index (χ3n) is 4.85. The van der Waals surface area contributed by atoms with Gasteiger partial charge in [0.1, 0.15) is 5.75 Å². The Labute approximate surface area is 151 Å². The van der Waals surface area contributed by atoms with E-state index in [1.807, 2.05) is 48.5 Å². The van der Waals surface area contributed by atoms with Gasteiger partial charge < -0.3 is 10.5 Å². The molecule has 6 heteroatoms. The summed E-state index contributed by atoms with van der Waals surface area (Å²) in [6.07, 6.45) is 0.836. The zero-order chi connectivity index (χ0) is 18.1. The molecule has 1 aliphatic rings. The molecular formula is C20H22N4O2. The van der Waals surface area contributed by atoms with Gasteiger partial charge in [0.15, 0.2) is 0 Å². The number of fused-ring (bicyclic) bond motifs is 1. The maximum Gasteiger partial charge on any atom is 0.275 e. The molecule has 0 amide bonds. The van der Waals surface area contributed by atoms with Crippen molar-refractivity contribution < 1.29 is 4.74 Å². The van der Waals surface area contributed by atoms with Crippen LogP contribution in [-0.2, 0) is 19.5 Å². The van der Waals surface area contributed by atoms with Crippen molar-refractivity contribution in [3.8, 4) is 11.4 Å². The molecule has 0 atom stereocenters. The molecule has 1 aromatic heterocycles. The molecule has 3 aromatic rings. The van der Waals surface area contributed by atoms with Crippen LogP contribution in [-0.4, -0.2) is 28.3 Å². The first-order valence-corrected chi connectivity index (χ1v) is 8.68. The van der Waals surface area contributed by atoms with Gasteiger partial charge in [0.25, 0.3) is 5.56 Å². The van der Waals surface area contributed by atoms with Crippen molar-refractivity contribution in [1.82, 2.24) is 14.7 Å². The summed E-state index contributed by atoms with van der Waals surface area (Å²) in [5, 5.41) is 3.27. The lowest BCUT2D eigenvalue weighted by Crippen LogP contribution is -2.32. The number of anilines is 1. The Balaban J connectivity index is 1.56. The molecule has 0 bridgehead atoms. The highest BCUT2D eigenvalue weighted by Gasteiger charge is 2.23. The molecule has 0 spiro atoms. The van der Waals surface area contributed by atoms with Gasteiger partial charge in [-0.3, -0.25) is 14.8 Å². The van der Waals surface area contributed by atoms with Crippen molar-refractivity contribution in [2.24, 2.45) is 0 Å². The van der Waals surface area contributed by atoms with Crippen molar-refractivity contribution in [3.05, 3.63) is 75.7 Å². The molecule has 2 heterocycles. The van der Waals surface area contributed by atoms with Gasteiger partial charge in [-0.25, -0.2) is 4.68 Å². The smallest absolute Gasteiger partial charge is 0.275 e. The van der Waals surface area contributed by atoms with Crippen molar-refractivity contribution in [2.45, 2.75) is 19.5 Å². The molecule has 0 saturated carbocycles. The summed E-state index contributed by atoms with van der Waals surface area (Å²) in [6, 6.07) is 15.4. The van der Waals surface area contributed by atoms with Gasteiger partial charge in [-0.2, -0.15) is 0 Å². The Morgan fingerprint density at radius 2 is 1.85 bits per heavy atom. The van der Waals surface area contributed by atoms with Gasteiger partial charge in [-0.1, -0.05) is 12.1 Å². The molecule has 0 saturated heterocycles. The van der Waals surface area contributed by atoms with Crippen LogP contribution in [0, 0.1) is 0 Å². The first-order chi connectivity index (χ1) is 12.6. The Morgan fingerprint density at radius 1 is 1.12 bits per heavy atom. The normalized spacial score (nSPS) is 14.2. The van der Waals surface area contributed by atoms with E-state index in [1.165, 1.54) is 5.56 Å². The van der Waals surface area contributed by atoms with Crippen LogP contribution in [0.25, 0.3) is 5.69 Å². The predicted molar refractivity (Wildman–Crippen MR) is 102 cm³/mol. The average molecular weight is 350 g/mol. The quantitative estimate of drug-likeness (QED) is 0.708. The number of hydrogen-bond acceptors (Lipinski definition) is 4. The first-order valence-electron chi connectivity index (χ1n) is 8.68. The molecule has 1 aliphatic heterocycles. The number of benzene rings is 2. The van der Waals surface area contributed by atoms with Crippen LogP contribution >= 0.6 is 0 Å². The molecule has 26 heavy (non-hydrogen) atoms. The molecule has 0 fully saturated rings. The highest BCUT2D eigenvalue weighted by atomic mass is 16.5. The van der Waals surface area contributed by atoms with Gasteiger partial charge in [-0.05, 0) is 42.0 Å². The zero-order valence-corrected chi connectivity index (χ0v) is 14.7. The van der Waals surface area contributed by atoms with Crippen LogP contribution in [0.2, 0.25) is 0 Å². The van der Waals surface area contributed by atoms with Crippen molar-refractivity contribution >= 4 is 5.69 Å². The first kappa shape index (κ1) is 16.5. The Kier molecular flexibility index (Phi) is 4.26. The second-order valence-corrected chi connectivity index (χ2v) is 6.61. The molecule has 2 aromatic carbocycles. The third kappa shape index (κ3) is 3.11. The topological polar surface area (TPSA) is 76.3 Å². The fourth-order valence-corrected chi connectivity index (χ4v) is 3.39. The van der Waals surface area contributed by atoms with E-state index in [2.05, 4.69) is 10.00 Å². The van der Waals surface area contributed by atoms with E-state index in [-0.39, 0.29) is 5.56 Å². The van der Waals surface area contributed by atoms with Crippen LogP contribution in [0.4, 0.5) is 5.69 Å². The summed E-state index contributed by atoms with van der Waals surface area (Å²) in [7, 11) is 1.63. The van der Waals surface area contributed by atoms with E-state index < -0.39 is 0 Å². The summed E-state index contributed by atoms with van der Waals surface area (Å²) in [5.74, 6) is 0.771. The van der Waals surface area contributed by atoms with E-state index in [4.69, 9.17) is 10.5 Å². The van der Waals surface area contributed by atoms with E-state index >= 15 is 0 Å². The molecular weight excluding hydrogens is 328 g/mol. The van der Waals surface area contributed by atoms with E-state index in [0.717, 1.165) is 47.9 Å². The number of nitrogen functional groups attached to an aromatic ring is 1. The second kappa shape index (κ2) is 6.72. The SMILES string of the molecule is COc1ccc(-n2[nH]c3c(c2=O)CN(Cc2ccc(N)cc2)CC3)cc1. The zero-order valence-electron chi connectivity index (χ0n) is 14.7. The number of aromatic amines is 1.